The predicted molar refractivity (Wildman–Crippen MR) is 72.7 cm³/mol. The fourth-order valence-corrected chi connectivity index (χ4v) is 2.55. The Kier molecular flexibility index (Phi) is 5.07. The van der Waals surface area contributed by atoms with Crippen LogP contribution in [0.2, 0.25) is 0 Å². The van der Waals surface area contributed by atoms with E-state index in [1.165, 1.54) is 24.3 Å². The molecule has 0 bridgehead atoms. The Morgan fingerprint density at radius 2 is 1.70 bits per heavy atom. The van der Waals surface area contributed by atoms with E-state index >= 15 is 0 Å². The van der Waals surface area contributed by atoms with Gasteiger partial charge >= 0.3 is 15.5 Å². The highest BCUT2D eigenvalue weighted by atomic mass is 32.2. The van der Waals surface area contributed by atoms with Gasteiger partial charge < -0.3 is 0 Å². The first-order valence-electron chi connectivity index (χ1n) is 6.06. The highest BCUT2D eigenvalue weighted by Gasteiger charge is 2.50. The second-order valence-corrected chi connectivity index (χ2v) is 6.73. The zero-order valence-electron chi connectivity index (χ0n) is 11.3. The molecule has 0 saturated carbocycles. The van der Waals surface area contributed by atoms with Gasteiger partial charge in [-0.3, -0.25) is 4.31 Å². The molecule has 20 heavy (non-hydrogen) atoms. The minimum absolute atomic E-state index is 0.00428. The summed E-state index contributed by atoms with van der Waals surface area (Å²) in [4.78, 5) is 0. The smallest absolute Gasteiger partial charge is 0.263 e. The molecule has 0 amide bonds. The maximum absolute atomic E-state index is 12.7. The summed E-state index contributed by atoms with van der Waals surface area (Å²) in [5.74, 6) is 0.0908. The molecule has 0 N–H and O–H groups in total. The lowest BCUT2D eigenvalue weighted by atomic mass is 10.1. The average Bonchev–Trinajstić information content (AvgIpc) is 2.29. The number of rotatable bonds is 5. The molecule has 0 fully saturated rings. The van der Waals surface area contributed by atoms with Crippen LogP contribution in [-0.2, 0) is 10.0 Å². The van der Waals surface area contributed by atoms with Gasteiger partial charge in [0.25, 0.3) is 0 Å². The lowest BCUT2D eigenvalue weighted by Crippen LogP contribution is -2.41. The van der Waals surface area contributed by atoms with Gasteiger partial charge in [0.1, 0.15) is 0 Å². The van der Waals surface area contributed by atoms with Gasteiger partial charge in [-0.05, 0) is 37.0 Å². The van der Waals surface area contributed by atoms with Crippen molar-refractivity contribution in [3.05, 3.63) is 36.8 Å². The Hall–Kier alpha value is -1.24. The minimum atomic E-state index is -5.39. The van der Waals surface area contributed by atoms with Gasteiger partial charge in [-0.1, -0.05) is 26.0 Å². The summed E-state index contributed by atoms with van der Waals surface area (Å²) in [5.41, 5.74) is -4.72. The second-order valence-electron chi connectivity index (χ2n) is 4.87. The van der Waals surface area contributed by atoms with E-state index in [1.807, 2.05) is 13.8 Å². The third kappa shape index (κ3) is 3.88. The molecule has 0 atom stereocenters. The van der Waals surface area contributed by atoms with Crippen molar-refractivity contribution in [2.24, 2.45) is 5.92 Å². The van der Waals surface area contributed by atoms with Gasteiger partial charge in [-0.15, -0.1) is 0 Å². The van der Waals surface area contributed by atoms with Crippen LogP contribution in [0.5, 0.6) is 0 Å². The molecule has 3 nitrogen and oxygen atoms in total. The molecular weight excluding hydrogens is 291 g/mol. The zero-order chi connectivity index (χ0) is 15.6. The van der Waals surface area contributed by atoms with Crippen molar-refractivity contribution in [3.63, 3.8) is 0 Å². The Labute approximate surface area is 117 Å². The Balaban J connectivity index is 3.18. The standard InChI is InChI=1S/C13H17F3NO2S/c1-10(2)8-9-17(20(18,19)13(14,15)16)12-6-4-11(3)5-7-12/h4-7,10H,3,8-9H2,1-2H3. The summed E-state index contributed by atoms with van der Waals surface area (Å²) in [6.45, 7) is 7.04. The molecule has 0 saturated heterocycles. The van der Waals surface area contributed by atoms with Crippen LogP contribution in [0.3, 0.4) is 0 Å². The van der Waals surface area contributed by atoms with E-state index in [0.717, 1.165) is 0 Å². The van der Waals surface area contributed by atoms with Crippen molar-refractivity contribution >= 4 is 15.7 Å². The summed E-state index contributed by atoms with van der Waals surface area (Å²) in [5, 5.41) is 0. The van der Waals surface area contributed by atoms with Crippen LogP contribution in [0.15, 0.2) is 24.3 Å². The van der Waals surface area contributed by atoms with Gasteiger partial charge in [0.05, 0.1) is 5.69 Å². The van der Waals surface area contributed by atoms with Gasteiger partial charge in [-0.2, -0.15) is 21.6 Å². The fraction of sp³-hybridized carbons (Fsp3) is 0.462. The first-order chi connectivity index (χ1) is 9.05. The summed E-state index contributed by atoms with van der Waals surface area (Å²) in [6, 6.07) is 5.60. The molecule has 1 aromatic rings. The van der Waals surface area contributed by atoms with Crippen LogP contribution in [0.1, 0.15) is 25.8 Å². The van der Waals surface area contributed by atoms with Crippen LogP contribution in [0, 0.1) is 12.8 Å². The topological polar surface area (TPSA) is 37.4 Å². The molecule has 0 aliphatic heterocycles. The molecule has 0 spiro atoms. The number of sulfonamides is 1. The maximum Gasteiger partial charge on any atom is 0.516 e. The van der Waals surface area contributed by atoms with Crippen LogP contribution in [0.4, 0.5) is 18.9 Å². The number of hydrogen-bond donors (Lipinski definition) is 0. The number of alkyl halides is 3. The van der Waals surface area contributed by atoms with E-state index in [-0.39, 0.29) is 18.2 Å². The molecule has 0 aliphatic carbocycles. The van der Waals surface area contributed by atoms with E-state index in [4.69, 9.17) is 0 Å². The SMILES string of the molecule is [CH2]c1ccc(N(CCC(C)C)S(=O)(=O)C(F)(F)F)cc1. The average molecular weight is 308 g/mol. The monoisotopic (exact) mass is 308 g/mol. The van der Waals surface area contributed by atoms with Gasteiger partial charge in [0, 0.05) is 6.54 Å². The Morgan fingerprint density at radius 1 is 1.20 bits per heavy atom. The molecule has 0 aromatic heterocycles. The van der Waals surface area contributed by atoms with E-state index in [1.54, 1.807) is 0 Å². The summed E-state index contributed by atoms with van der Waals surface area (Å²) in [6.07, 6.45) is 0.335. The van der Waals surface area contributed by atoms with Crippen molar-refractivity contribution in [1.29, 1.82) is 0 Å². The molecule has 0 heterocycles. The maximum atomic E-state index is 12.7. The van der Waals surface area contributed by atoms with Crippen molar-refractivity contribution in [1.82, 2.24) is 0 Å². The van der Waals surface area contributed by atoms with Crippen molar-refractivity contribution in [2.45, 2.75) is 25.8 Å². The van der Waals surface area contributed by atoms with Crippen LogP contribution in [-0.4, -0.2) is 20.5 Å². The third-order valence-electron chi connectivity index (χ3n) is 2.72. The minimum Gasteiger partial charge on any atom is -0.263 e. The molecule has 0 unspecified atom stereocenters. The Bertz CT molecular complexity index is 536. The second kappa shape index (κ2) is 6.03. The highest BCUT2D eigenvalue weighted by Crippen LogP contribution is 2.31. The molecular formula is C13H17F3NO2S. The van der Waals surface area contributed by atoms with Crippen LogP contribution in [0.25, 0.3) is 0 Å². The lowest BCUT2D eigenvalue weighted by Gasteiger charge is -2.26. The highest BCUT2D eigenvalue weighted by molar-refractivity contribution is 7.93. The lowest BCUT2D eigenvalue weighted by molar-refractivity contribution is -0.0438. The fourth-order valence-electron chi connectivity index (χ4n) is 1.55. The number of anilines is 1. The number of halogens is 3. The number of nitrogens with zero attached hydrogens (tertiary/aromatic N) is 1. The van der Waals surface area contributed by atoms with E-state index in [0.29, 0.717) is 16.3 Å². The Morgan fingerprint density at radius 3 is 2.10 bits per heavy atom. The van der Waals surface area contributed by atoms with Gasteiger partial charge in [0.2, 0.25) is 0 Å². The van der Waals surface area contributed by atoms with Crippen LogP contribution >= 0.6 is 0 Å². The zero-order valence-corrected chi connectivity index (χ0v) is 12.1. The summed E-state index contributed by atoms with van der Waals surface area (Å²) in [7, 11) is -5.39. The normalized spacial score (nSPS) is 12.8. The van der Waals surface area contributed by atoms with Crippen molar-refractivity contribution in [3.8, 4) is 0 Å². The molecule has 1 rings (SSSR count). The summed E-state index contributed by atoms with van der Waals surface area (Å²) >= 11 is 0. The number of hydrogen-bond acceptors (Lipinski definition) is 2. The van der Waals surface area contributed by atoms with Crippen molar-refractivity contribution in [2.75, 3.05) is 10.8 Å². The largest absolute Gasteiger partial charge is 0.516 e. The van der Waals surface area contributed by atoms with E-state index in [9.17, 15) is 21.6 Å². The quantitative estimate of drug-likeness (QED) is 0.834. The molecule has 0 aliphatic rings. The first kappa shape index (κ1) is 16.8. The van der Waals surface area contributed by atoms with Gasteiger partial charge in [0.15, 0.2) is 0 Å². The predicted octanol–water partition coefficient (Wildman–Crippen LogP) is 3.57. The molecule has 1 radical (unpaired) electrons. The third-order valence-corrected chi connectivity index (χ3v) is 4.28. The first-order valence-corrected chi connectivity index (χ1v) is 7.50. The molecule has 113 valence electrons. The van der Waals surface area contributed by atoms with Gasteiger partial charge in [-0.25, -0.2) is 0 Å². The number of benzene rings is 1. The van der Waals surface area contributed by atoms with E-state index < -0.39 is 15.5 Å². The molecule has 7 heteroatoms. The van der Waals surface area contributed by atoms with E-state index in [2.05, 4.69) is 6.92 Å². The van der Waals surface area contributed by atoms with Crippen molar-refractivity contribution < 1.29 is 21.6 Å². The summed E-state index contributed by atoms with van der Waals surface area (Å²) < 4.78 is 61.9. The molecule has 1 aromatic carbocycles. The van der Waals surface area contributed by atoms with Crippen LogP contribution < -0.4 is 4.31 Å².